The van der Waals surface area contributed by atoms with Gasteiger partial charge in [0.2, 0.25) is 0 Å². The Morgan fingerprint density at radius 1 is 1.20 bits per heavy atom. The van der Waals surface area contributed by atoms with Gasteiger partial charge in [-0.1, -0.05) is 24.8 Å². The van der Waals surface area contributed by atoms with Crippen LogP contribution in [0.25, 0.3) is 23.1 Å². The fourth-order valence-corrected chi connectivity index (χ4v) is 7.98. The zero-order valence-corrected chi connectivity index (χ0v) is 24.6. The lowest BCUT2D eigenvalue weighted by atomic mass is 9.95. The third kappa shape index (κ3) is 4.44. The van der Waals surface area contributed by atoms with Crippen LogP contribution < -0.4 is 25.5 Å². The van der Waals surface area contributed by atoms with E-state index in [9.17, 15) is 0 Å². The molecule has 4 fully saturated rings. The summed E-state index contributed by atoms with van der Waals surface area (Å²) in [5.74, 6) is 0.163. The van der Waals surface area contributed by atoms with Crippen LogP contribution in [0, 0.1) is 12.7 Å². The van der Waals surface area contributed by atoms with Crippen molar-refractivity contribution in [3.63, 3.8) is 0 Å². The predicted octanol–water partition coefficient (Wildman–Crippen LogP) is 3.59. The molecule has 0 aliphatic carbocycles. The second kappa shape index (κ2) is 10.1. The SMILES string of the molecule is C=C(C)/C(c1c(Cl)cc2c(N3CC4CCC(C3)N4)nc(OCC34CCCN3CCC4)nc2c1F)=c1/c(C)n[nH]c1=C. The number of hydrogen-bond donors (Lipinski definition) is 2. The van der Waals surface area contributed by atoms with Gasteiger partial charge in [-0.2, -0.15) is 15.1 Å². The number of fused-ring (bicyclic) bond motifs is 4. The number of aryl methyl sites for hydroxylation is 1. The van der Waals surface area contributed by atoms with Crippen molar-refractivity contribution in [1.29, 1.82) is 0 Å². The average molecular weight is 578 g/mol. The lowest BCUT2D eigenvalue weighted by Gasteiger charge is -2.35. The van der Waals surface area contributed by atoms with Crippen LogP contribution in [0.5, 0.6) is 6.01 Å². The van der Waals surface area contributed by atoms with Crippen molar-refractivity contribution in [2.45, 2.75) is 70.0 Å². The van der Waals surface area contributed by atoms with Crippen LogP contribution >= 0.6 is 11.6 Å². The first-order chi connectivity index (χ1) is 19.7. The second-order valence-corrected chi connectivity index (χ2v) is 12.7. The van der Waals surface area contributed by atoms with Gasteiger partial charge in [0.1, 0.15) is 17.9 Å². The van der Waals surface area contributed by atoms with E-state index < -0.39 is 5.82 Å². The Morgan fingerprint density at radius 2 is 1.90 bits per heavy atom. The highest BCUT2D eigenvalue weighted by Crippen LogP contribution is 2.41. The van der Waals surface area contributed by atoms with Gasteiger partial charge in [-0.15, -0.1) is 0 Å². The summed E-state index contributed by atoms with van der Waals surface area (Å²) in [6.07, 6.45) is 6.82. The Kier molecular flexibility index (Phi) is 6.60. The maximum absolute atomic E-state index is 16.9. The molecule has 4 aliphatic rings. The van der Waals surface area contributed by atoms with E-state index >= 15 is 4.39 Å². The van der Waals surface area contributed by atoms with E-state index in [0.717, 1.165) is 51.9 Å². The number of nitrogens with zero attached hydrogens (tertiary/aromatic N) is 5. The maximum atomic E-state index is 16.9. The molecule has 10 heteroatoms. The number of piperazine rings is 1. The van der Waals surface area contributed by atoms with Crippen molar-refractivity contribution < 1.29 is 9.13 Å². The largest absolute Gasteiger partial charge is 0.461 e. The normalized spacial score (nSPS) is 24.2. The molecule has 2 N–H and O–H groups in total. The van der Waals surface area contributed by atoms with E-state index in [1.54, 1.807) is 6.07 Å². The van der Waals surface area contributed by atoms with Crippen molar-refractivity contribution in [3.8, 4) is 6.01 Å². The van der Waals surface area contributed by atoms with E-state index in [0.29, 0.717) is 57.3 Å². The summed E-state index contributed by atoms with van der Waals surface area (Å²) in [6.45, 7) is 16.2. The number of aromatic nitrogens is 4. The van der Waals surface area contributed by atoms with Gasteiger partial charge in [-0.05, 0) is 82.7 Å². The van der Waals surface area contributed by atoms with Crippen LogP contribution in [0.15, 0.2) is 18.2 Å². The Balaban J connectivity index is 1.40. The molecule has 1 aromatic carbocycles. The number of halogens is 2. The van der Waals surface area contributed by atoms with Crippen molar-refractivity contribution >= 4 is 40.5 Å². The standard InChI is InChI=1S/C31H37ClFN7O/c1-17(2)24(25-18(3)37-38-19(25)4)26-23(32)13-22-28(27(26)33)35-30(41-16-31-9-5-11-40(31)12-6-10-31)36-29(22)39-14-20-7-8-21(15-39)34-20/h13,20-21,34,37H,1,3,5-12,14-16H2,2,4H3/b25-24-. The molecule has 2 atom stereocenters. The number of benzene rings is 1. The highest BCUT2D eigenvalue weighted by molar-refractivity contribution is 6.33. The number of aromatic amines is 1. The number of anilines is 1. The molecule has 4 saturated heterocycles. The van der Waals surface area contributed by atoms with E-state index in [-0.39, 0.29) is 27.7 Å². The highest BCUT2D eigenvalue weighted by atomic mass is 35.5. The molecule has 7 rings (SSSR count). The smallest absolute Gasteiger partial charge is 0.319 e. The van der Waals surface area contributed by atoms with Crippen LogP contribution in [-0.2, 0) is 0 Å². The number of ether oxygens (including phenoxy) is 1. The average Bonchev–Trinajstić information content (AvgIpc) is 3.69. The van der Waals surface area contributed by atoms with E-state index in [1.807, 2.05) is 13.8 Å². The number of nitrogens with one attached hydrogen (secondary N) is 2. The molecule has 0 saturated carbocycles. The van der Waals surface area contributed by atoms with E-state index in [2.05, 4.69) is 38.5 Å². The summed E-state index contributed by atoms with van der Waals surface area (Å²) in [4.78, 5) is 14.4. The first kappa shape index (κ1) is 26.9. The van der Waals surface area contributed by atoms with Gasteiger partial charge >= 0.3 is 6.01 Å². The zero-order valence-electron chi connectivity index (χ0n) is 23.8. The quantitative estimate of drug-likeness (QED) is 0.463. The molecule has 216 valence electrons. The third-order valence-electron chi connectivity index (χ3n) is 9.59. The number of H-pyrrole nitrogens is 1. The molecule has 0 amide bonds. The highest BCUT2D eigenvalue weighted by Gasteiger charge is 2.45. The van der Waals surface area contributed by atoms with Crippen molar-refractivity contribution in [1.82, 2.24) is 30.4 Å². The topological polar surface area (TPSA) is 82.2 Å². The molecule has 4 aliphatic heterocycles. The van der Waals surface area contributed by atoms with Gasteiger partial charge in [-0.25, -0.2) is 4.39 Å². The fourth-order valence-electron chi connectivity index (χ4n) is 7.69. The number of hydrogen-bond acceptors (Lipinski definition) is 7. The molecule has 2 bridgehead atoms. The maximum Gasteiger partial charge on any atom is 0.319 e. The Hall–Kier alpha value is -3.01. The fraction of sp³-hybridized carbons (Fsp3) is 0.516. The minimum absolute atomic E-state index is 0.0283. The van der Waals surface area contributed by atoms with Crippen molar-refractivity contribution in [2.75, 3.05) is 37.7 Å². The molecule has 8 nitrogen and oxygen atoms in total. The van der Waals surface area contributed by atoms with Crippen LogP contribution in [-0.4, -0.2) is 75.5 Å². The molecule has 3 aromatic rings. The summed E-state index contributed by atoms with van der Waals surface area (Å²) in [5, 5.41) is 13.0. The summed E-state index contributed by atoms with van der Waals surface area (Å²) < 4.78 is 23.3. The summed E-state index contributed by atoms with van der Waals surface area (Å²) >= 11 is 6.92. The van der Waals surface area contributed by atoms with Crippen LogP contribution in [0.1, 0.15) is 56.7 Å². The molecule has 2 aromatic heterocycles. The first-order valence-electron chi connectivity index (χ1n) is 14.7. The monoisotopic (exact) mass is 577 g/mol. The van der Waals surface area contributed by atoms with Crippen LogP contribution in [0.2, 0.25) is 5.02 Å². The second-order valence-electron chi connectivity index (χ2n) is 12.3. The molecule has 2 unspecified atom stereocenters. The van der Waals surface area contributed by atoms with Gasteiger partial charge in [0.25, 0.3) is 0 Å². The molecule has 6 heterocycles. The molecule has 41 heavy (non-hydrogen) atoms. The van der Waals surface area contributed by atoms with Crippen molar-refractivity contribution in [2.24, 2.45) is 0 Å². The molecular weight excluding hydrogens is 541 g/mol. The molecular formula is C31H37ClFN7O. The lowest BCUT2D eigenvalue weighted by Crippen LogP contribution is -2.51. The predicted molar refractivity (Wildman–Crippen MR) is 160 cm³/mol. The zero-order chi connectivity index (χ0) is 28.5. The van der Waals surface area contributed by atoms with Gasteiger partial charge in [-0.3, -0.25) is 10.00 Å². The summed E-state index contributed by atoms with van der Waals surface area (Å²) in [7, 11) is 0. The van der Waals surface area contributed by atoms with E-state index in [4.69, 9.17) is 26.3 Å². The van der Waals surface area contributed by atoms with Gasteiger partial charge in [0.15, 0.2) is 5.82 Å². The Morgan fingerprint density at radius 3 is 2.54 bits per heavy atom. The minimum Gasteiger partial charge on any atom is -0.461 e. The first-order valence-corrected chi connectivity index (χ1v) is 15.1. The summed E-state index contributed by atoms with van der Waals surface area (Å²) in [5.41, 5.74) is 2.40. The number of rotatable bonds is 6. The van der Waals surface area contributed by atoms with Gasteiger partial charge in [0.05, 0.1) is 21.6 Å². The van der Waals surface area contributed by atoms with Crippen LogP contribution in [0.3, 0.4) is 0 Å². The van der Waals surface area contributed by atoms with Gasteiger partial charge < -0.3 is 15.0 Å². The Labute approximate surface area is 244 Å². The molecule has 0 radical (unpaired) electrons. The summed E-state index contributed by atoms with van der Waals surface area (Å²) in [6, 6.07) is 2.78. The Bertz CT molecular complexity index is 1650. The number of allylic oxidation sites excluding steroid dienone is 1. The lowest BCUT2D eigenvalue weighted by molar-refractivity contribution is 0.108. The third-order valence-corrected chi connectivity index (χ3v) is 9.89. The van der Waals surface area contributed by atoms with Gasteiger partial charge in [0, 0.05) is 41.3 Å². The molecule has 0 spiro atoms. The minimum atomic E-state index is -0.515. The van der Waals surface area contributed by atoms with E-state index in [1.165, 1.54) is 12.8 Å². The van der Waals surface area contributed by atoms with Crippen LogP contribution in [0.4, 0.5) is 10.2 Å². The van der Waals surface area contributed by atoms with Crippen molar-refractivity contribution in [3.05, 3.63) is 50.9 Å².